The van der Waals surface area contributed by atoms with E-state index in [0.29, 0.717) is 23.0 Å². The van der Waals surface area contributed by atoms with Gasteiger partial charge in [0.05, 0.1) is 20.3 Å². The largest absolute Gasteiger partial charge is 0.497 e. The van der Waals surface area contributed by atoms with E-state index < -0.39 is 11.6 Å². The molecule has 2 aliphatic heterocycles. The lowest BCUT2D eigenvalue weighted by Crippen LogP contribution is -2.72. The van der Waals surface area contributed by atoms with E-state index in [1.165, 1.54) is 7.11 Å². The van der Waals surface area contributed by atoms with Crippen LogP contribution >= 0.6 is 12.2 Å². The summed E-state index contributed by atoms with van der Waals surface area (Å²) in [5.41, 5.74) is 0.684. The third-order valence-electron chi connectivity index (χ3n) is 5.49. The third kappa shape index (κ3) is 2.61. The Kier molecular flexibility index (Phi) is 4.63. The molecule has 1 N–H and O–H groups in total. The minimum Gasteiger partial charge on any atom is -0.497 e. The average molecular weight is 398 g/mol. The van der Waals surface area contributed by atoms with Gasteiger partial charge in [-0.2, -0.15) is 0 Å². The maximum atomic E-state index is 12.9. The smallest absolute Gasteiger partial charge is 0.317 e. The van der Waals surface area contributed by atoms with Crippen molar-refractivity contribution >= 4 is 29.0 Å². The lowest BCUT2D eigenvalue weighted by Gasteiger charge is -2.56. The van der Waals surface area contributed by atoms with Gasteiger partial charge in [0.25, 0.3) is 0 Å². The molecule has 0 aromatic heterocycles. The van der Waals surface area contributed by atoms with Crippen LogP contribution in [-0.4, -0.2) is 31.0 Å². The lowest BCUT2D eigenvalue weighted by molar-refractivity contribution is -0.158. The first-order valence-corrected chi connectivity index (χ1v) is 9.57. The molecule has 0 amide bonds. The number of nitrogens with zero attached hydrogens (tertiary/aromatic N) is 1. The van der Waals surface area contributed by atoms with Gasteiger partial charge in [-0.1, -0.05) is 25.1 Å². The topological polar surface area (TPSA) is 60.0 Å². The molecule has 2 bridgehead atoms. The summed E-state index contributed by atoms with van der Waals surface area (Å²) < 4.78 is 17.1. The number of fused-ring (bicyclic) bond motifs is 4. The van der Waals surface area contributed by atoms with Crippen LogP contribution in [0.1, 0.15) is 24.9 Å². The van der Waals surface area contributed by atoms with E-state index in [9.17, 15) is 4.79 Å². The molecule has 1 saturated heterocycles. The number of hydrogen-bond acceptors (Lipinski definition) is 5. The van der Waals surface area contributed by atoms with Crippen LogP contribution in [0.5, 0.6) is 11.5 Å². The first-order chi connectivity index (χ1) is 13.6. The van der Waals surface area contributed by atoms with Gasteiger partial charge in [-0.05, 0) is 42.5 Å². The van der Waals surface area contributed by atoms with Crippen LogP contribution in [0.2, 0.25) is 0 Å². The highest BCUT2D eigenvalue weighted by Gasteiger charge is 2.61. The summed E-state index contributed by atoms with van der Waals surface area (Å²) in [5.74, 6) is 0.419. The SMILES string of the molecule is CCC12Oc3ccc(OC)cc3C(NC(=S)N1c1ccccc1)C2C(=O)OC. The fraction of sp³-hybridized carbons (Fsp3) is 0.333. The zero-order valence-corrected chi connectivity index (χ0v) is 16.8. The highest BCUT2D eigenvalue weighted by atomic mass is 32.1. The maximum absolute atomic E-state index is 12.9. The number of carbonyl (C=O) groups excluding carboxylic acids is 1. The molecule has 0 aliphatic carbocycles. The number of thiocarbonyl (C=S) groups is 1. The maximum Gasteiger partial charge on any atom is 0.317 e. The summed E-state index contributed by atoms with van der Waals surface area (Å²) in [6.07, 6.45) is 0.533. The Bertz CT molecular complexity index is 920. The van der Waals surface area contributed by atoms with Crippen LogP contribution in [0.15, 0.2) is 48.5 Å². The molecular weight excluding hydrogens is 376 g/mol. The van der Waals surface area contributed by atoms with Gasteiger partial charge in [0, 0.05) is 17.7 Å². The summed E-state index contributed by atoms with van der Waals surface area (Å²) in [6.45, 7) is 1.99. The number of rotatable bonds is 4. The van der Waals surface area contributed by atoms with Gasteiger partial charge in [0.2, 0.25) is 5.72 Å². The van der Waals surface area contributed by atoms with Gasteiger partial charge in [0.1, 0.15) is 17.4 Å². The number of carbonyl (C=O) groups is 1. The molecule has 1 fully saturated rings. The lowest BCUT2D eigenvalue weighted by atomic mass is 9.77. The van der Waals surface area contributed by atoms with Gasteiger partial charge in [-0.15, -0.1) is 0 Å². The number of benzene rings is 2. The molecule has 3 unspecified atom stereocenters. The molecule has 0 spiro atoms. The molecule has 6 nitrogen and oxygen atoms in total. The fourth-order valence-corrected chi connectivity index (χ4v) is 4.60. The predicted octanol–water partition coefficient (Wildman–Crippen LogP) is 3.42. The van der Waals surface area contributed by atoms with Gasteiger partial charge in [-0.3, -0.25) is 9.69 Å². The Morgan fingerprint density at radius 3 is 2.64 bits per heavy atom. The molecule has 7 heteroatoms. The monoisotopic (exact) mass is 398 g/mol. The highest BCUT2D eigenvalue weighted by Crippen LogP contribution is 2.51. The Morgan fingerprint density at radius 1 is 1.25 bits per heavy atom. The standard InChI is InChI=1S/C21H22N2O4S/c1-4-21-17(19(24)26-3)18(15-12-14(25-2)10-11-16(15)27-21)22-20(28)23(21)13-8-6-5-7-9-13/h5-12,17-18H,4H2,1-3H3,(H,22,28). The molecule has 146 valence electrons. The second-order valence-electron chi connectivity index (χ2n) is 6.80. The molecule has 2 aliphatic rings. The Morgan fingerprint density at radius 2 is 2.00 bits per heavy atom. The van der Waals surface area contributed by atoms with Crippen molar-refractivity contribution in [1.29, 1.82) is 0 Å². The number of anilines is 1. The van der Waals surface area contributed by atoms with Crippen LogP contribution in [0.3, 0.4) is 0 Å². The molecule has 0 saturated carbocycles. The van der Waals surface area contributed by atoms with Crippen LogP contribution in [0.25, 0.3) is 0 Å². The Balaban J connectivity index is 1.94. The molecule has 2 aromatic carbocycles. The van der Waals surface area contributed by atoms with Crippen molar-refractivity contribution in [2.75, 3.05) is 19.1 Å². The van der Waals surface area contributed by atoms with E-state index in [1.807, 2.05) is 60.4 Å². The van der Waals surface area contributed by atoms with E-state index >= 15 is 0 Å². The van der Waals surface area contributed by atoms with Crippen molar-refractivity contribution < 1.29 is 19.0 Å². The summed E-state index contributed by atoms with van der Waals surface area (Å²) in [6, 6.07) is 14.9. The average Bonchev–Trinajstić information content (AvgIpc) is 2.73. The van der Waals surface area contributed by atoms with Crippen molar-refractivity contribution in [3.63, 3.8) is 0 Å². The van der Waals surface area contributed by atoms with Crippen molar-refractivity contribution in [2.24, 2.45) is 5.92 Å². The molecule has 3 atom stereocenters. The molecule has 2 heterocycles. The molecule has 4 rings (SSSR count). The summed E-state index contributed by atoms with van der Waals surface area (Å²) in [4.78, 5) is 14.8. The number of nitrogens with one attached hydrogen (secondary N) is 1. The molecule has 0 radical (unpaired) electrons. The van der Waals surface area contributed by atoms with Crippen molar-refractivity contribution in [1.82, 2.24) is 5.32 Å². The van der Waals surface area contributed by atoms with Gasteiger partial charge < -0.3 is 19.5 Å². The van der Waals surface area contributed by atoms with Gasteiger partial charge in [0.15, 0.2) is 5.11 Å². The van der Waals surface area contributed by atoms with Crippen molar-refractivity contribution in [3.05, 3.63) is 54.1 Å². The predicted molar refractivity (Wildman–Crippen MR) is 110 cm³/mol. The fourth-order valence-electron chi connectivity index (χ4n) is 4.21. The zero-order valence-electron chi connectivity index (χ0n) is 16.0. The first-order valence-electron chi connectivity index (χ1n) is 9.16. The van der Waals surface area contributed by atoms with Crippen molar-refractivity contribution in [2.45, 2.75) is 25.1 Å². The molecule has 2 aromatic rings. The number of ether oxygens (including phenoxy) is 3. The first kappa shape index (κ1) is 18.6. The Hall–Kier alpha value is -2.80. The van der Waals surface area contributed by atoms with E-state index in [0.717, 1.165) is 11.3 Å². The van der Waals surface area contributed by atoms with E-state index in [2.05, 4.69) is 5.32 Å². The Labute approximate surface area is 169 Å². The number of para-hydroxylation sites is 1. The highest BCUT2D eigenvalue weighted by molar-refractivity contribution is 7.80. The van der Waals surface area contributed by atoms with E-state index in [-0.39, 0.29) is 12.0 Å². The normalized spacial score (nSPS) is 25.2. The van der Waals surface area contributed by atoms with E-state index in [1.54, 1.807) is 7.11 Å². The summed E-state index contributed by atoms with van der Waals surface area (Å²) in [5, 5.41) is 3.86. The van der Waals surface area contributed by atoms with Crippen molar-refractivity contribution in [3.8, 4) is 11.5 Å². The van der Waals surface area contributed by atoms with Crippen LogP contribution in [0, 0.1) is 5.92 Å². The minimum atomic E-state index is -0.997. The van der Waals surface area contributed by atoms with Crippen LogP contribution in [0.4, 0.5) is 5.69 Å². The second-order valence-corrected chi connectivity index (χ2v) is 7.19. The zero-order chi connectivity index (χ0) is 19.9. The number of esters is 1. The van der Waals surface area contributed by atoms with Gasteiger partial charge >= 0.3 is 5.97 Å². The quantitative estimate of drug-likeness (QED) is 0.625. The van der Waals surface area contributed by atoms with E-state index in [4.69, 9.17) is 26.4 Å². The summed E-state index contributed by atoms with van der Waals surface area (Å²) in [7, 11) is 3.00. The van der Waals surface area contributed by atoms with Gasteiger partial charge in [-0.25, -0.2) is 0 Å². The molecular formula is C21H22N2O4S. The third-order valence-corrected chi connectivity index (χ3v) is 5.80. The van der Waals surface area contributed by atoms with Crippen LogP contribution in [-0.2, 0) is 9.53 Å². The number of methoxy groups -OCH3 is 2. The summed E-state index contributed by atoms with van der Waals surface area (Å²) >= 11 is 5.72. The minimum absolute atomic E-state index is 0.351. The second kappa shape index (κ2) is 6.98. The number of hydrogen-bond donors (Lipinski definition) is 1. The molecule has 28 heavy (non-hydrogen) atoms. The van der Waals surface area contributed by atoms with Crippen LogP contribution < -0.4 is 19.7 Å².